The number of hydrogen-bond acceptors (Lipinski definition) is 3. The summed E-state index contributed by atoms with van der Waals surface area (Å²) >= 11 is 0. The van der Waals surface area contributed by atoms with Gasteiger partial charge in [-0.2, -0.15) is 0 Å². The molecule has 3 aliphatic heterocycles. The van der Waals surface area contributed by atoms with Crippen molar-refractivity contribution in [2.24, 2.45) is 0 Å². The Morgan fingerprint density at radius 1 is 1.17 bits per heavy atom. The van der Waals surface area contributed by atoms with E-state index in [1.807, 2.05) is 24.0 Å². The van der Waals surface area contributed by atoms with E-state index >= 15 is 0 Å². The van der Waals surface area contributed by atoms with E-state index in [0.29, 0.717) is 24.1 Å². The SMILES string of the molecule is C[C@]12CCC(=O)N1c1ccccc1C(=O)N2CC(=O)N1CCCC1. The van der Waals surface area contributed by atoms with Gasteiger partial charge in [-0.15, -0.1) is 0 Å². The van der Waals surface area contributed by atoms with E-state index in [1.165, 1.54) is 0 Å². The molecule has 2 fully saturated rings. The minimum absolute atomic E-state index is 0.0103. The monoisotopic (exact) mass is 327 g/mol. The van der Waals surface area contributed by atoms with Crippen LogP contribution in [-0.4, -0.2) is 52.8 Å². The van der Waals surface area contributed by atoms with Gasteiger partial charge in [-0.1, -0.05) is 12.1 Å². The zero-order valence-corrected chi connectivity index (χ0v) is 13.8. The van der Waals surface area contributed by atoms with Crippen molar-refractivity contribution in [1.82, 2.24) is 9.80 Å². The van der Waals surface area contributed by atoms with Gasteiger partial charge in [0.2, 0.25) is 11.8 Å². The summed E-state index contributed by atoms with van der Waals surface area (Å²) < 4.78 is 0. The largest absolute Gasteiger partial charge is 0.341 e. The van der Waals surface area contributed by atoms with Crippen molar-refractivity contribution in [1.29, 1.82) is 0 Å². The fourth-order valence-corrected chi connectivity index (χ4v) is 4.14. The first kappa shape index (κ1) is 15.2. The van der Waals surface area contributed by atoms with Crippen LogP contribution in [-0.2, 0) is 9.59 Å². The molecular formula is C18H21N3O3. The Morgan fingerprint density at radius 2 is 1.88 bits per heavy atom. The van der Waals surface area contributed by atoms with E-state index < -0.39 is 5.66 Å². The molecule has 126 valence electrons. The number of carbonyl (C=O) groups excluding carboxylic acids is 3. The van der Waals surface area contributed by atoms with Crippen molar-refractivity contribution in [2.45, 2.75) is 38.3 Å². The third-order valence-electron chi connectivity index (χ3n) is 5.50. The fourth-order valence-electron chi connectivity index (χ4n) is 4.14. The molecule has 2 saturated heterocycles. The molecule has 24 heavy (non-hydrogen) atoms. The maximum absolute atomic E-state index is 13.0. The summed E-state index contributed by atoms with van der Waals surface area (Å²) in [5.41, 5.74) is 0.412. The highest BCUT2D eigenvalue weighted by Gasteiger charge is 2.53. The van der Waals surface area contributed by atoms with E-state index in [2.05, 4.69) is 0 Å². The van der Waals surface area contributed by atoms with Crippen LogP contribution in [0.15, 0.2) is 24.3 Å². The van der Waals surface area contributed by atoms with Crippen molar-refractivity contribution in [2.75, 3.05) is 24.5 Å². The number of likely N-dealkylation sites (tertiary alicyclic amines) is 1. The molecule has 3 heterocycles. The molecule has 0 bridgehead atoms. The van der Waals surface area contributed by atoms with Gasteiger partial charge >= 0.3 is 0 Å². The van der Waals surface area contributed by atoms with Crippen LogP contribution < -0.4 is 4.90 Å². The molecule has 3 amide bonds. The number of para-hydroxylation sites is 1. The molecule has 0 radical (unpaired) electrons. The average Bonchev–Trinajstić information content (AvgIpc) is 3.21. The van der Waals surface area contributed by atoms with Crippen molar-refractivity contribution >= 4 is 23.4 Å². The Kier molecular flexibility index (Phi) is 3.37. The Labute approximate surface area is 141 Å². The van der Waals surface area contributed by atoms with Gasteiger partial charge in [-0.25, -0.2) is 0 Å². The van der Waals surface area contributed by atoms with Crippen molar-refractivity contribution in [3.63, 3.8) is 0 Å². The van der Waals surface area contributed by atoms with Crippen LogP contribution in [0.2, 0.25) is 0 Å². The zero-order valence-electron chi connectivity index (χ0n) is 13.8. The molecule has 3 aliphatic rings. The second-order valence-electron chi connectivity index (χ2n) is 6.94. The topological polar surface area (TPSA) is 60.9 Å². The van der Waals surface area contributed by atoms with Gasteiger partial charge in [0, 0.05) is 19.5 Å². The summed E-state index contributed by atoms with van der Waals surface area (Å²) in [6.45, 7) is 3.45. The number of nitrogens with zero attached hydrogens (tertiary/aromatic N) is 3. The van der Waals surface area contributed by atoms with E-state index in [4.69, 9.17) is 0 Å². The van der Waals surface area contributed by atoms with E-state index in [-0.39, 0.29) is 24.3 Å². The van der Waals surface area contributed by atoms with Crippen LogP contribution in [0.3, 0.4) is 0 Å². The van der Waals surface area contributed by atoms with Gasteiger partial charge in [0.25, 0.3) is 5.91 Å². The maximum Gasteiger partial charge on any atom is 0.258 e. The van der Waals surface area contributed by atoms with E-state index in [0.717, 1.165) is 25.9 Å². The van der Waals surface area contributed by atoms with Crippen LogP contribution in [0.1, 0.15) is 43.0 Å². The molecule has 4 rings (SSSR count). The van der Waals surface area contributed by atoms with Crippen LogP contribution in [0.4, 0.5) is 5.69 Å². The van der Waals surface area contributed by atoms with Gasteiger partial charge in [0.15, 0.2) is 0 Å². The zero-order chi connectivity index (χ0) is 16.9. The molecule has 0 unspecified atom stereocenters. The third kappa shape index (κ3) is 2.05. The minimum Gasteiger partial charge on any atom is -0.341 e. The summed E-state index contributed by atoms with van der Waals surface area (Å²) in [5, 5.41) is 0. The third-order valence-corrected chi connectivity index (χ3v) is 5.50. The number of fused-ring (bicyclic) bond motifs is 3. The highest BCUT2D eigenvalue weighted by Crippen LogP contribution is 2.43. The minimum atomic E-state index is -0.752. The number of amides is 3. The average molecular weight is 327 g/mol. The number of hydrogen-bond donors (Lipinski definition) is 0. The molecule has 6 nitrogen and oxygen atoms in total. The summed E-state index contributed by atoms with van der Waals surface area (Å²) in [6, 6.07) is 7.17. The lowest BCUT2D eigenvalue weighted by molar-refractivity contribution is -0.132. The lowest BCUT2D eigenvalue weighted by Crippen LogP contribution is -2.63. The van der Waals surface area contributed by atoms with Gasteiger partial charge in [-0.3, -0.25) is 19.3 Å². The summed E-state index contributed by atoms with van der Waals surface area (Å²) in [5.74, 6) is -0.177. The van der Waals surface area contributed by atoms with Gasteiger partial charge in [-0.05, 0) is 38.3 Å². The van der Waals surface area contributed by atoms with Crippen LogP contribution in [0.5, 0.6) is 0 Å². The standard InChI is InChI=1S/C18H21N3O3/c1-18-9-8-15(22)21(18)14-7-3-2-6-13(14)17(24)20(18)12-16(23)19-10-4-5-11-19/h2-3,6-7H,4-5,8-12H2,1H3/t18-/m1/s1. The summed E-state index contributed by atoms with van der Waals surface area (Å²) in [4.78, 5) is 43.2. The summed E-state index contributed by atoms with van der Waals surface area (Å²) in [6.07, 6.45) is 2.99. The first-order chi connectivity index (χ1) is 11.5. The van der Waals surface area contributed by atoms with Gasteiger partial charge < -0.3 is 9.80 Å². The van der Waals surface area contributed by atoms with E-state index in [9.17, 15) is 14.4 Å². The lowest BCUT2D eigenvalue weighted by atomic mass is 9.98. The van der Waals surface area contributed by atoms with Crippen LogP contribution in [0, 0.1) is 0 Å². The molecule has 0 aromatic heterocycles. The highest BCUT2D eigenvalue weighted by molar-refractivity contribution is 6.11. The predicted octanol–water partition coefficient (Wildman–Crippen LogP) is 1.61. The number of carbonyl (C=O) groups is 3. The molecule has 0 saturated carbocycles. The normalized spacial score (nSPS) is 26.0. The first-order valence-electron chi connectivity index (χ1n) is 8.54. The highest BCUT2D eigenvalue weighted by atomic mass is 16.2. The van der Waals surface area contributed by atoms with Crippen molar-refractivity contribution in [3.05, 3.63) is 29.8 Å². The molecule has 0 N–H and O–H groups in total. The second kappa shape index (κ2) is 5.33. The Bertz CT molecular complexity index is 726. The fraction of sp³-hybridized carbons (Fsp3) is 0.500. The smallest absolute Gasteiger partial charge is 0.258 e. The molecule has 0 spiro atoms. The number of benzene rings is 1. The number of rotatable bonds is 2. The molecule has 0 aliphatic carbocycles. The lowest BCUT2D eigenvalue weighted by Gasteiger charge is -2.48. The van der Waals surface area contributed by atoms with Crippen LogP contribution in [0.25, 0.3) is 0 Å². The summed E-state index contributed by atoms with van der Waals surface area (Å²) in [7, 11) is 0. The van der Waals surface area contributed by atoms with Crippen molar-refractivity contribution in [3.8, 4) is 0 Å². The Balaban J connectivity index is 1.72. The maximum atomic E-state index is 13.0. The molecule has 1 aromatic carbocycles. The van der Waals surface area contributed by atoms with Crippen LogP contribution >= 0.6 is 0 Å². The predicted molar refractivity (Wildman–Crippen MR) is 88.4 cm³/mol. The molecule has 6 heteroatoms. The quantitative estimate of drug-likeness (QED) is 0.829. The van der Waals surface area contributed by atoms with Crippen molar-refractivity contribution < 1.29 is 14.4 Å². The van der Waals surface area contributed by atoms with Gasteiger partial charge in [0.1, 0.15) is 12.2 Å². The second-order valence-corrected chi connectivity index (χ2v) is 6.94. The number of anilines is 1. The van der Waals surface area contributed by atoms with E-state index in [1.54, 1.807) is 21.9 Å². The molecular weight excluding hydrogens is 306 g/mol. The van der Waals surface area contributed by atoms with Gasteiger partial charge in [0.05, 0.1) is 11.3 Å². The molecule has 1 aromatic rings. The Hall–Kier alpha value is -2.37. The Morgan fingerprint density at radius 3 is 2.62 bits per heavy atom. The first-order valence-corrected chi connectivity index (χ1v) is 8.54. The molecule has 1 atom stereocenters.